The van der Waals surface area contributed by atoms with E-state index in [1.54, 1.807) is 31.2 Å². The highest BCUT2D eigenvalue weighted by molar-refractivity contribution is 5.95. The van der Waals surface area contributed by atoms with E-state index in [0.29, 0.717) is 5.75 Å². The first-order valence-corrected chi connectivity index (χ1v) is 7.40. The van der Waals surface area contributed by atoms with Crippen LogP contribution in [0.2, 0.25) is 0 Å². The van der Waals surface area contributed by atoms with Gasteiger partial charge in [-0.2, -0.15) is 0 Å². The number of hydrogen-bond acceptors (Lipinski definition) is 3. The Labute approximate surface area is 135 Å². The van der Waals surface area contributed by atoms with Gasteiger partial charge in [-0.3, -0.25) is 9.59 Å². The normalized spacial score (nSPS) is 13.0. The van der Waals surface area contributed by atoms with Crippen LogP contribution in [0.15, 0.2) is 54.6 Å². The van der Waals surface area contributed by atoms with Gasteiger partial charge >= 0.3 is 0 Å². The van der Waals surface area contributed by atoms with Gasteiger partial charge in [0.15, 0.2) is 6.10 Å². The van der Waals surface area contributed by atoms with E-state index in [0.717, 1.165) is 5.56 Å². The van der Waals surface area contributed by atoms with Crippen molar-refractivity contribution in [1.29, 1.82) is 0 Å². The third kappa shape index (κ3) is 4.32. The summed E-state index contributed by atoms with van der Waals surface area (Å²) in [5.41, 5.74) is 6.56. The van der Waals surface area contributed by atoms with Gasteiger partial charge in [0.05, 0.1) is 11.6 Å². The van der Waals surface area contributed by atoms with Crippen molar-refractivity contribution < 1.29 is 14.3 Å². The van der Waals surface area contributed by atoms with Crippen molar-refractivity contribution in [3.8, 4) is 5.75 Å². The van der Waals surface area contributed by atoms with Crippen molar-refractivity contribution in [3.63, 3.8) is 0 Å². The Hall–Kier alpha value is -2.82. The van der Waals surface area contributed by atoms with Gasteiger partial charge in [-0.05, 0) is 31.5 Å². The maximum absolute atomic E-state index is 12.3. The summed E-state index contributed by atoms with van der Waals surface area (Å²) in [5.74, 6) is -0.554. The lowest BCUT2D eigenvalue weighted by atomic mass is 10.1. The smallest absolute Gasteiger partial charge is 0.261 e. The van der Waals surface area contributed by atoms with E-state index in [4.69, 9.17) is 10.5 Å². The van der Waals surface area contributed by atoms with Crippen LogP contribution in [0.3, 0.4) is 0 Å². The number of amides is 2. The quantitative estimate of drug-likeness (QED) is 0.859. The van der Waals surface area contributed by atoms with E-state index in [-0.39, 0.29) is 17.5 Å². The molecule has 0 saturated carbocycles. The second-order valence-corrected chi connectivity index (χ2v) is 5.26. The van der Waals surface area contributed by atoms with Gasteiger partial charge in [-0.15, -0.1) is 0 Å². The number of ether oxygens (including phenoxy) is 1. The molecule has 0 aliphatic carbocycles. The molecule has 5 heteroatoms. The Morgan fingerprint density at radius 1 is 1.00 bits per heavy atom. The molecule has 2 amide bonds. The number of carbonyl (C=O) groups is 2. The van der Waals surface area contributed by atoms with E-state index in [9.17, 15) is 9.59 Å². The Morgan fingerprint density at radius 2 is 1.61 bits per heavy atom. The summed E-state index contributed by atoms with van der Waals surface area (Å²) in [6.45, 7) is 3.53. The topological polar surface area (TPSA) is 81.4 Å². The van der Waals surface area contributed by atoms with Crippen LogP contribution in [0, 0.1) is 0 Å². The van der Waals surface area contributed by atoms with Crippen LogP contribution >= 0.6 is 0 Å². The molecule has 0 saturated heterocycles. The van der Waals surface area contributed by atoms with Crippen molar-refractivity contribution >= 4 is 11.8 Å². The predicted octanol–water partition coefficient (Wildman–Crippen LogP) is 2.43. The molecule has 2 atom stereocenters. The van der Waals surface area contributed by atoms with Gasteiger partial charge in [0.2, 0.25) is 0 Å². The van der Waals surface area contributed by atoms with E-state index in [2.05, 4.69) is 5.32 Å². The summed E-state index contributed by atoms with van der Waals surface area (Å²) in [5, 5.41) is 2.88. The number of nitrogens with one attached hydrogen (secondary N) is 1. The van der Waals surface area contributed by atoms with Gasteiger partial charge in [0, 0.05) is 0 Å². The second-order valence-electron chi connectivity index (χ2n) is 5.26. The monoisotopic (exact) mass is 312 g/mol. The first kappa shape index (κ1) is 16.5. The molecule has 5 nitrogen and oxygen atoms in total. The molecule has 120 valence electrons. The molecule has 0 fully saturated rings. The maximum Gasteiger partial charge on any atom is 0.261 e. The lowest BCUT2D eigenvalue weighted by molar-refractivity contribution is -0.127. The van der Waals surface area contributed by atoms with Crippen molar-refractivity contribution in [3.05, 3.63) is 65.7 Å². The molecular weight excluding hydrogens is 292 g/mol. The van der Waals surface area contributed by atoms with Gasteiger partial charge in [-0.25, -0.2) is 0 Å². The molecule has 0 radical (unpaired) electrons. The Kier molecular flexibility index (Phi) is 5.36. The molecule has 0 heterocycles. The highest BCUT2D eigenvalue weighted by Gasteiger charge is 2.19. The zero-order chi connectivity index (χ0) is 16.8. The zero-order valence-corrected chi connectivity index (χ0v) is 13.2. The largest absolute Gasteiger partial charge is 0.480 e. The number of nitrogens with two attached hydrogens (primary N) is 1. The average Bonchev–Trinajstić information content (AvgIpc) is 2.55. The second kappa shape index (κ2) is 7.45. The minimum atomic E-state index is -0.748. The summed E-state index contributed by atoms with van der Waals surface area (Å²) in [6.07, 6.45) is -0.748. The van der Waals surface area contributed by atoms with Crippen LogP contribution in [-0.2, 0) is 4.79 Å². The van der Waals surface area contributed by atoms with Crippen LogP contribution in [0.5, 0.6) is 5.75 Å². The fraction of sp³-hybridized carbons (Fsp3) is 0.222. The summed E-state index contributed by atoms with van der Waals surface area (Å²) in [4.78, 5) is 23.6. The lowest BCUT2D eigenvalue weighted by Gasteiger charge is -2.19. The van der Waals surface area contributed by atoms with Crippen LogP contribution < -0.4 is 15.8 Å². The molecule has 2 unspecified atom stereocenters. The average molecular weight is 312 g/mol. The molecule has 0 spiro atoms. The molecule has 0 aromatic heterocycles. The fourth-order valence-corrected chi connectivity index (χ4v) is 2.17. The molecule has 3 N–H and O–H groups in total. The molecule has 0 aliphatic rings. The van der Waals surface area contributed by atoms with E-state index < -0.39 is 12.0 Å². The minimum absolute atomic E-state index is 0.138. The summed E-state index contributed by atoms with van der Waals surface area (Å²) < 4.78 is 5.59. The van der Waals surface area contributed by atoms with Crippen molar-refractivity contribution in [2.45, 2.75) is 26.0 Å². The standard InChI is InChI=1S/C18H20N2O3/c1-12(14-8-4-3-5-9-14)20-18(22)13(2)23-16-11-7-6-10-15(16)17(19)21/h3-13H,1-2H3,(H2,19,21)(H,20,22). The third-order valence-electron chi connectivity index (χ3n) is 3.48. The van der Waals surface area contributed by atoms with Gasteiger partial charge in [-0.1, -0.05) is 42.5 Å². The third-order valence-corrected chi connectivity index (χ3v) is 3.48. The summed E-state index contributed by atoms with van der Waals surface area (Å²) >= 11 is 0. The SMILES string of the molecule is CC(Oc1ccccc1C(N)=O)C(=O)NC(C)c1ccccc1. The van der Waals surface area contributed by atoms with Crippen LogP contribution in [0.4, 0.5) is 0 Å². The fourth-order valence-electron chi connectivity index (χ4n) is 2.17. The van der Waals surface area contributed by atoms with Gasteiger partial charge < -0.3 is 15.8 Å². The maximum atomic E-state index is 12.3. The van der Waals surface area contributed by atoms with Crippen molar-refractivity contribution in [1.82, 2.24) is 5.32 Å². The number of carbonyl (C=O) groups excluding carboxylic acids is 2. The Bertz CT molecular complexity index is 686. The van der Waals surface area contributed by atoms with E-state index in [1.807, 2.05) is 37.3 Å². The molecule has 23 heavy (non-hydrogen) atoms. The molecule has 0 aliphatic heterocycles. The highest BCUT2D eigenvalue weighted by Crippen LogP contribution is 2.19. The predicted molar refractivity (Wildman–Crippen MR) is 88.0 cm³/mol. The number of hydrogen-bond donors (Lipinski definition) is 2. The molecule has 0 bridgehead atoms. The van der Waals surface area contributed by atoms with Gasteiger partial charge in [0.25, 0.3) is 11.8 Å². The van der Waals surface area contributed by atoms with Crippen molar-refractivity contribution in [2.24, 2.45) is 5.73 Å². The Balaban J connectivity index is 2.02. The summed E-state index contributed by atoms with van der Waals surface area (Å²) in [7, 11) is 0. The zero-order valence-electron chi connectivity index (χ0n) is 13.2. The lowest BCUT2D eigenvalue weighted by Crippen LogP contribution is -2.38. The Morgan fingerprint density at radius 3 is 2.26 bits per heavy atom. The van der Waals surface area contributed by atoms with Crippen LogP contribution in [0.25, 0.3) is 0 Å². The molecule has 2 rings (SSSR count). The van der Waals surface area contributed by atoms with Crippen LogP contribution in [-0.4, -0.2) is 17.9 Å². The molecular formula is C18H20N2O3. The minimum Gasteiger partial charge on any atom is -0.480 e. The van der Waals surface area contributed by atoms with Crippen LogP contribution in [0.1, 0.15) is 35.8 Å². The van der Waals surface area contributed by atoms with E-state index in [1.165, 1.54) is 0 Å². The van der Waals surface area contributed by atoms with E-state index >= 15 is 0 Å². The molecule has 2 aromatic carbocycles. The number of para-hydroxylation sites is 1. The highest BCUT2D eigenvalue weighted by atomic mass is 16.5. The molecule has 2 aromatic rings. The summed E-state index contributed by atoms with van der Waals surface area (Å²) in [6, 6.07) is 16.1. The van der Waals surface area contributed by atoms with Crippen molar-refractivity contribution in [2.75, 3.05) is 0 Å². The first-order chi connectivity index (χ1) is 11.0. The number of rotatable bonds is 6. The van der Waals surface area contributed by atoms with Gasteiger partial charge in [0.1, 0.15) is 5.75 Å². The number of benzene rings is 2. The first-order valence-electron chi connectivity index (χ1n) is 7.40. The number of primary amides is 1.